The van der Waals surface area contributed by atoms with Gasteiger partial charge < -0.3 is 15.5 Å². The fourth-order valence-corrected chi connectivity index (χ4v) is 2.86. The van der Waals surface area contributed by atoms with Crippen molar-refractivity contribution >= 4 is 5.91 Å². The van der Waals surface area contributed by atoms with Gasteiger partial charge in [0.1, 0.15) is 0 Å². The smallest absolute Gasteiger partial charge is 0.254 e. The van der Waals surface area contributed by atoms with Crippen LogP contribution in [0.3, 0.4) is 0 Å². The average Bonchev–Trinajstić information content (AvgIpc) is 2.72. The van der Waals surface area contributed by atoms with Crippen molar-refractivity contribution in [2.75, 3.05) is 39.3 Å². The maximum atomic E-state index is 12.6. The van der Waals surface area contributed by atoms with Crippen LogP contribution in [0.5, 0.6) is 0 Å². The highest BCUT2D eigenvalue weighted by Crippen LogP contribution is 2.13. The molecule has 116 valence electrons. The van der Waals surface area contributed by atoms with E-state index in [0.29, 0.717) is 5.92 Å². The first-order chi connectivity index (χ1) is 10.1. The Kier molecular flexibility index (Phi) is 5.76. The molecule has 2 rings (SSSR count). The van der Waals surface area contributed by atoms with E-state index in [1.807, 2.05) is 36.1 Å². The summed E-state index contributed by atoms with van der Waals surface area (Å²) in [5.41, 5.74) is 7.60. The molecule has 21 heavy (non-hydrogen) atoms. The number of rotatable bonds is 4. The third-order valence-electron chi connectivity index (χ3n) is 4.22. The molecule has 1 amide bonds. The van der Waals surface area contributed by atoms with Gasteiger partial charge in [-0.1, -0.05) is 25.1 Å². The first-order valence-electron chi connectivity index (χ1n) is 7.89. The molecule has 0 saturated carbocycles. The van der Waals surface area contributed by atoms with Crippen molar-refractivity contribution in [3.63, 3.8) is 0 Å². The molecule has 1 aromatic rings. The van der Waals surface area contributed by atoms with Crippen molar-refractivity contribution in [2.24, 2.45) is 11.7 Å². The van der Waals surface area contributed by atoms with Crippen LogP contribution in [0.1, 0.15) is 29.3 Å². The van der Waals surface area contributed by atoms with E-state index in [4.69, 9.17) is 5.73 Å². The summed E-state index contributed by atoms with van der Waals surface area (Å²) in [6, 6.07) is 7.84. The molecule has 0 spiro atoms. The van der Waals surface area contributed by atoms with Gasteiger partial charge in [-0.3, -0.25) is 4.79 Å². The number of benzene rings is 1. The van der Waals surface area contributed by atoms with Crippen LogP contribution >= 0.6 is 0 Å². The number of carbonyl (C=O) groups is 1. The maximum Gasteiger partial charge on any atom is 0.254 e. The largest absolute Gasteiger partial charge is 0.337 e. The summed E-state index contributed by atoms with van der Waals surface area (Å²) in [7, 11) is 0. The Balaban J connectivity index is 1.97. The highest BCUT2D eigenvalue weighted by molar-refractivity contribution is 5.95. The highest BCUT2D eigenvalue weighted by atomic mass is 16.2. The molecule has 1 aromatic carbocycles. The molecule has 1 aliphatic heterocycles. The lowest BCUT2D eigenvalue weighted by atomic mass is 10.1. The summed E-state index contributed by atoms with van der Waals surface area (Å²) < 4.78 is 0. The molecule has 2 N–H and O–H groups in total. The van der Waals surface area contributed by atoms with Crippen LogP contribution in [0.15, 0.2) is 24.3 Å². The van der Waals surface area contributed by atoms with Gasteiger partial charge in [-0.2, -0.15) is 0 Å². The average molecular weight is 289 g/mol. The normalized spacial score (nSPS) is 18.3. The fourth-order valence-electron chi connectivity index (χ4n) is 2.86. The number of aryl methyl sites for hydroxylation is 1. The van der Waals surface area contributed by atoms with E-state index in [1.165, 1.54) is 0 Å². The fraction of sp³-hybridized carbons (Fsp3) is 0.588. The first kappa shape index (κ1) is 16.0. The van der Waals surface area contributed by atoms with Gasteiger partial charge in [0.15, 0.2) is 0 Å². The predicted octanol–water partition coefficient (Wildman–Crippen LogP) is 1.74. The molecule has 0 aromatic heterocycles. The minimum absolute atomic E-state index is 0.168. The number of hydrogen-bond acceptors (Lipinski definition) is 3. The Hall–Kier alpha value is -1.39. The van der Waals surface area contributed by atoms with E-state index >= 15 is 0 Å². The monoisotopic (exact) mass is 289 g/mol. The molecule has 1 saturated heterocycles. The Bertz CT molecular complexity index is 475. The molecule has 1 atom stereocenters. The van der Waals surface area contributed by atoms with Gasteiger partial charge in [0.2, 0.25) is 0 Å². The van der Waals surface area contributed by atoms with Gasteiger partial charge in [0.05, 0.1) is 0 Å². The lowest BCUT2D eigenvalue weighted by molar-refractivity contribution is 0.0760. The third kappa shape index (κ3) is 4.29. The molecular formula is C17H27N3O. The van der Waals surface area contributed by atoms with Crippen LogP contribution in [0.2, 0.25) is 0 Å². The van der Waals surface area contributed by atoms with Crippen molar-refractivity contribution in [3.05, 3.63) is 35.4 Å². The van der Waals surface area contributed by atoms with E-state index in [-0.39, 0.29) is 5.91 Å². The zero-order chi connectivity index (χ0) is 15.2. The lowest BCUT2D eigenvalue weighted by Gasteiger charge is -2.24. The predicted molar refractivity (Wildman–Crippen MR) is 86.4 cm³/mol. The third-order valence-corrected chi connectivity index (χ3v) is 4.22. The summed E-state index contributed by atoms with van der Waals surface area (Å²) in [5, 5.41) is 0. The summed E-state index contributed by atoms with van der Waals surface area (Å²) in [5.74, 6) is 0.686. The second-order valence-electron chi connectivity index (χ2n) is 6.10. The van der Waals surface area contributed by atoms with Crippen LogP contribution in [-0.4, -0.2) is 55.0 Å². The summed E-state index contributed by atoms with van der Waals surface area (Å²) in [4.78, 5) is 17.1. The van der Waals surface area contributed by atoms with Gasteiger partial charge in [0, 0.05) is 31.7 Å². The van der Waals surface area contributed by atoms with Crippen LogP contribution in [0, 0.1) is 12.8 Å². The summed E-state index contributed by atoms with van der Waals surface area (Å²) >= 11 is 0. The Morgan fingerprint density at radius 2 is 2.00 bits per heavy atom. The van der Waals surface area contributed by atoms with Crippen molar-refractivity contribution in [2.45, 2.75) is 20.3 Å². The number of hydrogen-bond donors (Lipinski definition) is 1. The van der Waals surface area contributed by atoms with Gasteiger partial charge >= 0.3 is 0 Å². The SMILES string of the molecule is Cc1ccccc1C(=O)N1CCCN(CC(C)CN)CC1. The molecular weight excluding hydrogens is 262 g/mol. The molecule has 0 aliphatic carbocycles. The zero-order valence-electron chi connectivity index (χ0n) is 13.2. The molecule has 1 fully saturated rings. The molecule has 1 aliphatic rings. The molecule has 0 bridgehead atoms. The van der Waals surface area contributed by atoms with Crippen LogP contribution < -0.4 is 5.73 Å². The quantitative estimate of drug-likeness (QED) is 0.918. The number of carbonyl (C=O) groups excluding carboxylic acids is 1. The van der Waals surface area contributed by atoms with Crippen LogP contribution in [0.25, 0.3) is 0 Å². The molecule has 4 heteroatoms. The molecule has 1 unspecified atom stereocenters. The van der Waals surface area contributed by atoms with Crippen LogP contribution in [-0.2, 0) is 0 Å². The van der Waals surface area contributed by atoms with E-state index in [2.05, 4.69) is 11.8 Å². The van der Waals surface area contributed by atoms with Crippen molar-refractivity contribution in [1.82, 2.24) is 9.80 Å². The van der Waals surface area contributed by atoms with E-state index in [0.717, 1.165) is 56.8 Å². The second kappa shape index (κ2) is 7.57. The number of nitrogens with two attached hydrogens (primary N) is 1. The Morgan fingerprint density at radius 3 is 2.71 bits per heavy atom. The molecule has 1 heterocycles. The van der Waals surface area contributed by atoms with Crippen molar-refractivity contribution in [3.8, 4) is 0 Å². The maximum absolute atomic E-state index is 12.6. The van der Waals surface area contributed by atoms with E-state index in [1.54, 1.807) is 0 Å². The van der Waals surface area contributed by atoms with Crippen molar-refractivity contribution in [1.29, 1.82) is 0 Å². The summed E-state index contributed by atoms with van der Waals surface area (Å²) in [6.07, 6.45) is 1.04. The van der Waals surface area contributed by atoms with Crippen LogP contribution in [0.4, 0.5) is 0 Å². The van der Waals surface area contributed by atoms with E-state index in [9.17, 15) is 4.79 Å². The first-order valence-corrected chi connectivity index (χ1v) is 7.89. The second-order valence-corrected chi connectivity index (χ2v) is 6.10. The van der Waals surface area contributed by atoms with Gasteiger partial charge in [-0.15, -0.1) is 0 Å². The topological polar surface area (TPSA) is 49.6 Å². The minimum atomic E-state index is 0.168. The Labute approximate surface area is 127 Å². The number of nitrogens with zero attached hydrogens (tertiary/aromatic N) is 2. The standard InChI is InChI=1S/C17H27N3O/c1-14(12-18)13-19-8-5-9-20(11-10-19)17(21)16-7-4-3-6-15(16)2/h3-4,6-7,14H,5,8-13,18H2,1-2H3. The Morgan fingerprint density at radius 1 is 1.24 bits per heavy atom. The highest BCUT2D eigenvalue weighted by Gasteiger charge is 2.21. The lowest BCUT2D eigenvalue weighted by Crippen LogP contribution is -2.37. The molecule has 4 nitrogen and oxygen atoms in total. The van der Waals surface area contributed by atoms with Gasteiger partial charge in [-0.05, 0) is 44.0 Å². The zero-order valence-corrected chi connectivity index (χ0v) is 13.2. The molecule has 0 radical (unpaired) electrons. The van der Waals surface area contributed by atoms with Gasteiger partial charge in [0.25, 0.3) is 5.91 Å². The summed E-state index contributed by atoms with van der Waals surface area (Å²) in [6.45, 7) is 9.60. The van der Waals surface area contributed by atoms with Crippen molar-refractivity contribution < 1.29 is 4.79 Å². The van der Waals surface area contributed by atoms with E-state index < -0.39 is 0 Å². The number of amides is 1. The minimum Gasteiger partial charge on any atom is -0.337 e. The van der Waals surface area contributed by atoms with Gasteiger partial charge in [-0.25, -0.2) is 0 Å².